The van der Waals surface area contributed by atoms with Crippen LogP contribution in [-0.2, 0) is 14.8 Å². The summed E-state index contributed by atoms with van der Waals surface area (Å²) in [4.78, 5) is 28.8. The molecule has 0 saturated carbocycles. The molecule has 1 atom stereocenters. The van der Waals surface area contributed by atoms with Crippen LogP contribution in [0.25, 0.3) is 0 Å². The van der Waals surface area contributed by atoms with Gasteiger partial charge in [0, 0.05) is 23.1 Å². The molecule has 0 aliphatic carbocycles. The molecule has 1 fully saturated rings. The van der Waals surface area contributed by atoms with E-state index in [9.17, 15) is 18.0 Å². The highest BCUT2D eigenvalue weighted by molar-refractivity contribution is 7.94. The van der Waals surface area contributed by atoms with E-state index < -0.39 is 27.8 Å². The third kappa shape index (κ3) is 3.42. The fourth-order valence-electron chi connectivity index (χ4n) is 2.70. The molecule has 3 rings (SSSR count). The van der Waals surface area contributed by atoms with E-state index in [0.29, 0.717) is 9.99 Å². The number of carbonyl (C=O) groups excluding carboxylic acids is 2. The first kappa shape index (κ1) is 18.3. The Morgan fingerprint density at radius 3 is 2.65 bits per heavy atom. The Kier molecular flexibility index (Phi) is 4.72. The molecule has 7 nitrogen and oxygen atoms in total. The highest BCUT2D eigenvalue weighted by Crippen LogP contribution is 2.34. The topological polar surface area (TPSA) is 96.4 Å². The van der Waals surface area contributed by atoms with Gasteiger partial charge in [-0.1, -0.05) is 18.5 Å². The monoisotopic (exact) mass is 393 g/mol. The van der Waals surface area contributed by atoms with Gasteiger partial charge in [0.25, 0.3) is 5.91 Å². The molecule has 1 aliphatic heterocycles. The first-order valence-electron chi connectivity index (χ1n) is 7.79. The Morgan fingerprint density at radius 1 is 1.31 bits per heavy atom. The fraction of sp³-hybridized carbons (Fsp3) is 0.235. The standard InChI is InChI=1S/C17H16ClN3O4S/c1-10-9-26(24,25)21(17(10)23)15-8-12(3-4-14(15)18)16(22)20-13-5-6-19-11(2)7-13/h3-8,10H,9H2,1-2H3,(H,19,20,22). The van der Waals surface area contributed by atoms with Gasteiger partial charge >= 0.3 is 0 Å². The van der Waals surface area contributed by atoms with Crippen molar-refractivity contribution in [1.29, 1.82) is 0 Å². The molecule has 0 spiro atoms. The summed E-state index contributed by atoms with van der Waals surface area (Å²) < 4.78 is 25.3. The molecule has 1 N–H and O–H groups in total. The molecule has 0 bridgehead atoms. The minimum absolute atomic E-state index is 0.0143. The summed E-state index contributed by atoms with van der Waals surface area (Å²) in [5.41, 5.74) is 1.46. The number of carbonyl (C=O) groups is 2. The van der Waals surface area contributed by atoms with E-state index in [2.05, 4.69) is 10.3 Å². The number of nitrogens with zero attached hydrogens (tertiary/aromatic N) is 2. The van der Waals surface area contributed by atoms with E-state index >= 15 is 0 Å². The number of pyridine rings is 1. The number of halogens is 1. The number of amides is 2. The summed E-state index contributed by atoms with van der Waals surface area (Å²) in [5, 5.41) is 2.78. The molecular weight excluding hydrogens is 378 g/mol. The summed E-state index contributed by atoms with van der Waals surface area (Å²) in [6, 6.07) is 7.50. The van der Waals surface area contributed by atoms with Crippen molar-refractivity contribution in [3.63, 3.8) is 0 Å². The number of sulfonamides is 1. The molecule has 1 aromatic heterocycles. The molecule has 9 heteroatoms. The minimum Gasteiger partial charge on any atom is -0.322 e. The van der Waals surface area contributed by atoms with Gasteiger partial charge in [-0.05, 0) is 37.3 Å². The van der Waals surface area contributed by atoms with E-state index in [4.69, 9.17) is 11.6 Å². The van der Waals surface area contributed by atoms with E-state index in [1.165, 1.54) is 25.1 Å². The molecule has 1 aromatic carbocycles. The first-order chi connectivity index (χ1) is 12.2. The average Bonchev–Trinajstić information content (AvgIpc) is 2.76. The van der Waals surface area contributed by atoms with E-state index in [-0.39, 0.29) is 22.0 Å². The molecule has 1 unspecified atom stereocenters. The third-order valence-corrected chi connectivity index (χ3v) is 6.12. The number of hydrogen-bond acceptors (Lipinski definition) is 5. The quantitative estimate of drug-likeness (QED) is 0.864. The van der Waals surface area contributed by atoms with Crippen molar-refractivity contribution in [1.82, 2.24) is 4.98 Å². The molecule has 2 aromatic rings. The number of nitrogens with one attached hydrogen (secondary N) is 1. The predicted octanol–water partition coefficient (Wildman–Crippen LogP) is 2.61. The predicted molar refractivity (Wildman–Crippen MR) is 98.8 cm³/mol. The second kappa shape index (κ2) is 6.69. The van der Waals surface area contributed by atoms with Gasteiger partial charge in [-0.3, -0.25) is 14.6 Å². The summed E-state index contributed by atoms with van der Waals surface area (Å²) in [6.07, 6.45) is 1.56. The van der Waals surface area contributed by atoms with Crippen LogP contribution < -0.4 is 9.62 Å². The molecule has 1 aliphatic rings. The van der Waals surface area contributed by atoms with Crippen LogP contribution in [0.15, 0.2) is 36.5 Å². The van der Waals surface area contributed by atoms with Gasteiger partial charge in [0.1, 0.15) is 0 Å². The molecule has 1 saturated heterocycles. The minimum atomic E-state index is -3.81. The lowest BCUT2D eigenvalue weighted by Gasteiger charge is -2.17. The zero-order chi connectivity index (χ0) is 19.1. The van der Waals surface area contributed by atoms with Crippen molar-refractivity contribution in [2.75, 3.05) is 15.4 Å². The van der Waals surface area contributed by atoms with Crippen molar-refractivity contribution in [2.45, 2.75) is 13.8 Å². The Labute approximate surface area is 156 Å². The van der Waals surface area contributed by atoms with Gasteiger partial charge in [0.15, 0.2) is 0 Å². The Bertz CT molecular complexity index is 1010. The molecule has 2 heterocycles. The average molecular weight is 394 g/mol. The largest absolute Gasteiger partial charge is 0.322 e. The normalized spacial score (nSPS) is 18.8. The molecule has 2 amide bonds. The number of rotatable bonds is 3. The van der Waals surface area contributed by atoms with E-state index in [1.807, 2.05) is 0 Å². The van der Waals surface area contributed by atoms with Gasteiger partial charge in [-0.15, -0.1) is 0 Å². The van der Waals surface area contributed by atoms with Crippen LogP contribution >= 0.6 is 11.6 Å². The lowest BCUT2D eigenvalue weighted by atomic mass is 10.1. The molecule has 26 heavy (non-hydrogen) atoms. The Hall–Kier alpha value is -2.45. The zero-order valence-corrected chi connectivity index (χ0v) is 15.6. The van der Waals surface area contributed by atoms with Gasteiger partial charge in [0.2, 0.25) is 15.9 Å². The maximum Gasteiger partial charge on any atom is 0.255 e. The van der Waals surface area contributed by atoms with Gasteiger partial charge in [-0.2, -0.15) is 0 Å². The summed E-state index contributed by atoms with van der Waals surface area (Å²) >= 11 is 6.10. The SMILES string of the molecule is Cc1cc(NC(=O)c2ccc(Cl)c(N3C(=O)C(C)CS3(=O)=O)c2)ccn1. The molecular formula is C17H16ClN3O4S. The number of anilines is 2. The second-order valence-electron chi connectivity index (χ2n) is 6.09. The summed E-state index contributed by atoms with van der Waals surface area (Å²) in [7, 11) is -3.81. The van der Waals surface area contributed by atoms with Gasteiger partial charge < -0.3 is 5.32 Å². The van der Waals surface area contributed by atoms with Crippen molar-refractivity contribution in [3.8, 4) is 0 Å². The maximum atomic E-state index is 12.5. The van der Waals surface area contributed by atoms with E-state index in [0.717, 1.165) is 5.69 Å². The van der Waals surface area contributed by atoms with Gasteiger partial charge in [-0.25, -0.2) is 12.7 Å². The number of benzene rings is 1. The van der Waals surface area contributed by atoms with Crippen LogP contribution in [0.5, 0.6) is 0 Å². The lowest BCUT2D eigenvalue weighted by Crippen LogP contribution is -2.30. The highest BCUT2D eigenvalue weighted by atomic mass is 35.5. The van der Waals surface area contributed by atoms with Crippen molar-refractivity contribution < 1.29 is 18.0 Å². The van der Waals surface area contributed by atoms with Crippen LogP contribution in [0, 0.1) is 12.8 Å². The van der Waals surface area contributed by atoms with Crippen molar-refractivity contribution in [3.05, 3.63) is 52.8 Å². The van der Waals surface area contributed by atoms with Crippen molar-refractivity contribution in [2.24, 2.45) is 5.92 Å². The van der Waals surface area contributed by atoms with Crippen LogP contribution in [0.1, 0.15) is 23.0 Å². The smallest absolute Gasteiger partial charge is 0.255 e. The van der Waals surface area contributed by atoms with Crippen molar-refractivity contribution >= 4 is 44.8 Å². The molecule has 136 valence electrons. The summed E-state index contributed by atoms with van der Waals surface area (Å²) in [5.74, 6) is -1.96. The van der Waals surface area contributed by atoms with Crippen LogP contribution in [0.2, 0.25) is 5.02 Å². The third-order valence-electron chi connectivity index (χ3n) is 3.94. The second-order valence-corrected chi connectivity index (χ2v) is 8.36. The number of hydrogen-bond donors (Lipinski definition) is 1. The Balaban J connectivity index is 1.95. The molecule has 0 radical (unpaired) electrons. The number of aromatic nitrogens is 1. The van der Waals surface area contributed by atoms with Crippen LogP contribution in [-0.4, -0.2) is 31.0 Å². The maximum absolute atomic E-state index is 12.5. The first-order valence-corrected chi connectivity index (χ1v) is 9.78. The van der Waals surface area contributed by atoms with Crippen LogP contribution in [0.4, 0.5) is 11.4 Å². The zero-order valence-electron chi connectivity index (χ0n) is 14.1. The number of aryl methyl sites for hydroxylation is 1. The van der Waals surface area contributed by atoms with Crippen LogP contribution in [0.3, 0.4) is 0 Å². The lowest BCUT2D eigenvalue weighted by molar-refractivity contribution is -0.119. The summed E-state index contributed by atoms with van der Waals surface area (Å²) in [6.45, 7) is 3.33. The highest BCUT2D eigenvalue weighted by Gasteiger charge is 2.43. The Morgan fingerprint density at radius 2 is 2.04 bits per heavy atom. The van der Waals surface area contributed by atoms with E-state index in [1.54, 1.807) is 25.3 Å². The van der Waals surface area contributed by atoms with Gasteiger partial charge in [0.05, 0.1) is 22.4 Å². The fourth-order valence-corrected chi connectivity index (χ4v) is 4.78.